The van der Waals surface area contributed by atoms with Gasteiger partial charge in [0.2, 0.25) is 9.84 Å². The molecule has 0 unspecified atom stereocenters. The molecule has 1 aliphatic heterocycles. The molecule has 20 heavy (non-hydrogen) atoms. The number of benzene rings is 1. The van der Waals surface area contributed by atoms with Gasteiger partial charge in [0, 0.05) is 14.1 Å². The van der Waals surface area contributed by atoms with Crippen molar-refractivity contribution in [2.45, 2.75) is 32.6 Å². The van der Waals surface area contributed by atoms with E-state index in [4.69, 9.17) is 0 Å². The Bertz CT molecular complexity index is 756. The number of carbonyl (C=O) groups excluding carboxylic acids is 1. The Morgan fingerprint density at radius 2 is 1.45 bits per heavy atom. The summed E-state index contributed by atoms with van der Waals surface area (Å²) >= 11 is 0. The van der Waals surface area contributed by atoms with E-state index in [1.54, 1.807) is 21.0 Å². The zero-order valence-corrected chi connectivity index (χ0v) is 13.5. The molecule has 0 radical (unpaired) electrons. The van der Waals surface area contributed by atoms with Gasteiger partial charge in [-0.05, 0) is 61.6 Å². The Kier molecular flexibility index (Phi) is 3.29. The summed E-state index contributed by atoms with van der Waals surface area (Å²) < 4.78 is 25.3. The van der Waals surface area contributed by atoms with E-state index in [0.717, 1.165) is 22.3 Å². The van der Waals surface area contributed by atoms with Gasteiger partial charge in [0.15, 0.2) is 0 Å². The van der Waals surface area contributed by atoms with Crippen LogP contribution in [0, 0.1) is 27.7 Å². The van der Waals surface area contributed by atoms with E-state index in [1.807, 2.05) is 20.8 Å². The third-order valence-electron chi connectivity index (χ3n) is 4.13. The lowest BCUT2D eigenvalue weighted by molar-refractivity contribution is -0.123. The molecule has 0 N–H and O–H groups in total. The Balaban J connectivity index is 2.84. The molecule has 108 valence electrons. The van der Waals surface area contributed by atoms with Crippen molar-refractivity contribution in [1.82, 2.24) is 4.90 Å². The van der Waals surface area contributed by atoms with Gasteiger partial charge in [-0.3, -0.25) is 4.79 Å². The number of hydrogen-bond donors (Lipinski definition) is 0. The third-order valence-corrected chi connectivity index (χ3v) is 6.06. The minimum Gasteiger partial charge on any atom is -0.344 e. The van der Waals surface area contributed by atoms with Crippen molar-refractivity contribution in [2.24, 2.45) is 0 Å². The van der Waals surface area contributed by atoms with Crippen molar-refractivity contribution in [3.05, 3.63) is 32.7 Å². The normalized spacial score (nSPS) is 15.8. The third kappa shape index (κ3) is 1.80. The van der Waals surface area contributed by atoms with Crippen LogP contribution >= 0.6 is 0 Å². The first kappa shape index (κ1) is 14.8. The fraction of sp³-hybridized carbons (Fsp3) is 0.400. The molecule has 0 saturated carbocycles. The molecular weight excluding hydrogens is 274 g/mol. The number of rotatable bonds is 1. The molecule has 0 aromatic heterocycles. The second kappa shape index (κ2) is 4.45. The molecule has 1 aromatic rings. The lowest BCUT2D eigenvalue weighted by atomic mass is 9.94. The van der Waals surface area contributed by atoms with Crippen molar-refractivity contribution >= 4 is 21.8 Å². The molecule has 0 fully saturated rings. The SMILES string of the molecule is Cc1c(C)c(C)c2c(c1C)C=C(C(=O)N(C)C)S2(=O)=O. The van der Waals surface area contributed by atoms with Crippen molar-refractivity contribution in [2.75, 3.05) is 14.1 Å². The van der Waals surface area contributed by atoms with Crippen LogP contribution < -0.4 is 0 Å². The predicted molar refractivity (Wildman–Crippen MR) is 79.2 cm³/mol. The summed E-state index contributed by atoms with van der Waals surface area (Å²) in [6.45, 7) is 7.59. The van der Waals surface area contributed by atoms with Crippen LogP contribution in [-0.4, -0.2) is 33.3 Å². The topological polar surface area (TPSA) is 54.5 Å². The Hall–Kier alpha value is -1.62. The van der Waals surface area contributed by atoms with Gasteiger partial charge in [-0.1, -0.05) is 0 Å². The fourth-order valence-electron chi connectivity index (χ4n) is 2.54. The van der Waals surface area contributed by atoms with Gasteiger partial charge in [-0.2, -0.15) is 0 Å². The molecular formula is C15H19NO3S. The minimum absolute atomic E-state index is 0.131. The lowest BCUT2D eigenvalue weighted by Gasteiger charge is -2.15. The van der Waals surface area contributed by atoms with E-state index < -0.39 is 15.7 Å². The van der Waals surface area contributed by atoms with Gasteiger partial charge in [0.25, 0.3) is 5.91 Å². The van der Waals surface area contributed by atoms with E-state index in [2.05, 4.69) is 0 Å². The van der Waals surface area contributed by atoms with Crippen molar-refractivity contribution in [3.63, 3.8) is 0 Å². The number of hydrogen-bond acceptors (Lipinski definition) is 3. The van der Waals surface area contributed by atoms with Crippen LogP contribution in [0.25, 0.3) is 6.08 Å². The highest BCUT2D eigenvalue weighted by molar-refractivity contribution is 7.96. The van der Waals surface area contributed by atoms with Crippen LogP contribution in [0.1, 0.15) is 27.8 Å². The summed E-state index contributed by atoms with van der Waals surface area (Å²) in [6, 6.07) is 0. The minimum atomic E-state index is -3.71. The quantitative estimate of drug-likeness (QED) is 0.797. The van der Waals surface area contributed by atoms with Crippen LogP contribution in [0.5, 0.6) is 0 Å². The summed E-state index contributed by atoms with van der Waals surface area (Å²) in [5, 5.41) is 0. The molecule has 5 heteroatoms. The van der Waals surface area contributed by atoms with Crippen LogP contribution in [0.3, 0.4) is 0 Å². The van der Waals surface area contributed by atoms with E-state index in [-0.39, 0.29) is 4.91 Å². The first-order valence-electron chi connectivity index (χ1n) is 6.39. The van der Waals surface area contributed by atoms with Gasteiger partial charge in [0.1, 0.15) is 4.91 Å². The van der Waals surface area contributed by atoms with Crippen LogP contribution in [0.15, 0.2) is 9.80 Å². The van der Waals surface area contributed by atoms with E-state index in [1.165, 1.54) is 11.0 Å². The molecule has 4 nitrogen and oxygen atoms in total. The maximum absolute atomic E-state index is 12.7. The van der Waals surface area contributed by atoms with E-state index >= 15 is 0 Å². The van der Waals surface area contributed by atoms with Gasteiger partial charge in [-0.25, -0.2) is 8.42 Å². The van der Waals surface area contributed by atoms with Crippen molar-refractivity contribution < 1.29 is 13.2 Å². The van der Waals surface area contributed by atoms with Gasteiger partial charge in [-0.15, -0.1) is 0 Å². The first-order valence-corrected chi connectivity index (χ1v) is 7.87. The van der Waals surface area contributed by atoms with Crippen LogP contribution in [0.2, 0.25) is 0 Å². The molecule has 0 atom stereocenters. The standard InChI is InChI=1S/C15H19NO3S/c1-8-9(2)11(4)14-12(10(8)3)7-13(20(14,18)19)15(17)16(5)6/h7H,1-6H3. The summed E-state index contributed by atoms with van der Waals surface area (Å²) in [6.07, 6.45) is 1.52. The maximum Gasteiger partial charge on any atom is 0.265 e. The lowest BCUT2D eigenvalue weighted by Crippen LogP contribution is -2.26. The first-order chi connectivity index (χ1) is 9.10. The van der Waals surface area contributed by atoms with Crippen molar-refractivity contribution in [1.29, 1.82) is 0 Å². The number of fused-ring (bicyclic) bond motifs is 1. The van der Waals surface area contributed by atoms with Crippen LogP contribution in [-0.2, 0) is 14.6 Å². The Morgan fingerprint density at radius 3 is 1.95 bits per heavy atom. The van der Waals surface area contributed by atoms with Gasteiger partial charge in [0.05, 0.1) is 4.90 Å². The molecule has 0 saturated heterocycles. The number of nitrogens with zero attached hydrogens (tertiary/aromatic N) is 1. The van der Waals surface area contributed by atoms with Gasteiger partial charge >= 0.3 is 0 Å². The number of likely N-dealkylation sites (N-methyl/N-ethyl adjacent to an activating group) is 1. The monoisotopic (exact) mass is 293 g/mol. The molecule has 2 rings (SSSR count). The molecule has 1 aliphatic rings. The summed E-state index contributed by atoms with van der Waals surface area (Å²) in [7, 11) is -0.606. The average molecular weight is 293 g/mol. The zero-order chi connectivity index (χ0) is 15.4. The van der Waals surface area contributed by atoms with E-state index in [9.17, 15) is 13.2 Å². The average Bonchev–Trinajstić information content (AvgIpc) is 2.64. The number of amides is 1. The second-order valence-electron chi connectivity index (χ2n) is 5.45. The van der Waals surface area contributed by atoms with Gasteiger partial charge < -0.3 is 4.90 Å². The Morgan fingerprint density at radius 1 is 0.950 bits per heavy atom. The largest absolute Gasteiger partial charge is 0.344 e. The molecule has 0 spiro atoms. The van der Waals surface area contributed by atoms with E-state index in [0.29, 0.717) is 10.5 Å². The number of sulfone groups is 1. The smallest absolute Gasteiger partial charge is 0.265 e. The van der Waals surface area contributed by atoms with Crippen molar-refractivity contribution in [3.8, 4) is 0 Å². The summed E-state index contributed by atoms with van der Waals surface area (Å²) in [5.41, 5.74) is 4.37. The fourth-order valence-corrected chi connectivity index (χ4v) is 4.51. The maximum atomic E-state index is 12.7. The molecule has 0 aliphatic carbocycles. The zero-order valence-electron chi connectivity index (χ0n) is 12.7. The summed E-state index contributed by atoms with van der Waals surface area (Å²) in [5.74, 6) is -0.477. The summed E-state index contributed by atoms with van der Waals surface area (Å²) in [4.78, 5) is 13.6. The molecule has 1 heterocycles. The highest BCUT2D eigenvalue weighted by atomic mass is 32.2. The molecule has 0 bridgehead atoms. The molecule has 1 aromatic carbocycles. The number of carbonyl (C=O) groups is 1. The molecule has 1 amide bonds. The second-order valence-corrected chi connectivity index (χ2v) is 7.31. The highest BCUT2D eigenvalue weighted by Crippen LogP contribution is 2.40. The Labute approximate surface area is 120 Å². The highest BCUT2D eigenvalue weighted by Gasteiger charge is 2.38. The van der Waals surface area contributed by atoms with Crippen LogP contribution in [0.4, 0.5) is 0 Å². The predicted octanol–water partition coefficient (Wildman–Crippen LogP) is 2.14.